The molecule has 142 valence electrons. The van der Waals surface area contributed by atoms with Crippen molar-refractivity contribution in [3.05, 3.63) is 89.6 Å². The lowest BCUT2D eigenvalue weighted by molar-refractivity contribution is 0.306. The summed E-state index contributed by atoms with van der Waals surface area (Å²) in [5.41, 5.74) is 9.33. The van der Waals surface area contributed by atoms with E-state index in [4.69, 9.17) is 15.5 Å². The number of anilines is 1. The summed E-state index contributed by atoms with van der Waals surface area (Å²) in [5, 5.41) is 3.23. The van der Waals surface area contributed by atoms with E-state index in [1.54, 1.807) is 6.20 Å². The highest BCUT2D eigenvalue weighted by atomic mass is 16.5. The molecule has 0 radical (unpaired) electrons. The van der Waals surface area contributed by atoms with Crippen LogP contribution < -0.4 is 20.7 Å². The van der Waals surface area contributed by atoms with Gasteiger partial charge in [-0.05, 0) is 35.4 Å². The van der Waals surface area contributed by atoms with Crippen LogP contribution in [0.1, 0.15) is 16.7 Å². The van der Waals surface area contributed by atoms with E-state index in [0.717, 1.165) is 34.1 Å². The third-order valence-corrected chi connectivity index (χ3v) is 4.67. The molecule has 0 spiro atoms. The number of nitrogens with one attached hydrogen (secondary N) is 1. The lowest BCUT2D eigenvalue weighted by Crippen LogP contribution is -2.57. The first kappa shape index (κ1) is 18.0. The molecule has 2 heterocycles. The Morgan fingerprint density at radius 3 is 2.61 bits per heavy atom. The average Bonchev–Trinajstić information content (AvgIpc) is 2.75. The Hall–Kier alpha value is -3.38. The monoisotopic (exact) mass is 373 g/mol. The summed E-state index contributed by atoms with van der Waals surface area (Å²) in [6.45, 7) is 1.10. The highest BCUT2D eigenvalue weighted by molar-refractivity contribution is 6.04. The Morgan fingerprint density at radius 2 is 1.82 bits per heavy atom. The first-order valence-electron chi connectivity index (χ1n) is 9.21. The highest BCUT2D eigenvalue weighted by Crippen LogP contribution is 2.21. The molecule has 1 atom stereocenters. The number of benzene rings is 2. The number of hydrogen-bond acceptors (Lipinski definition) is 5. The van der Waals surface area contributed by atoms with Crippen molar-refractivity contribution in [2.75, 3.05) is 11.9 Å². The number of rotatable bonds is 5. The molecule has 1 aliphatic rings. The van der Waals surface area contributed by atoms with Crippen LogP contribution in [0, 0.1) is 0 Å². The molecule has 0 bridgehead atoms. The van der Waals surface area contributed by atoms with E-state index in [1.165, 1.54) is 0 Å². The number of fused-ring (bicyclic) bond motifs is 1. The number of aromatic nitrogens is 1. The van der Waals surface area contributed by atoms with Crippen LogP contribution >= 0.6 is 0 Å². The Morgan fingerprint density at radius 1 is 1.04 bits per heavy atom. The second-order valence-electron chi connectivity index (χ2n) is 6.66. The Kier molecular flexibility index (Phi) is 5.21. The van der Waals surface area contributed by atoms with Gasteiger partial charge in [0.15, 0.2) is 6.29 Å². The molecular formula is C22H23N5O. The van der Waals surface area contributed by atoms with Crippen LogP contribution in [0.25, 0.3) is 0 Å². The molecular weight excluding hydrogens is 350 g/mol. The third kappa shape index (κ3) is 3.97. The molecule has 4 rings (SSSR count). The molecule has 0 saturated heterocycles. The van der Waals surface area contributed by atoms with Crippen LogP contribution in [0.4, 0.5) is 5.82 Å². The topological polar surface area (TPSA) is 75.8 Å². The van der Waals surface area contributed by atoms with Crippen molar-refractivity contribution in [1.82, 2.24) is 10.3 Å². The van der Waals surface area contributed by atoms with Gasteiger partial charge in [-0.3, -0.25) is 10.7 Å². The minimum atomic E-state index is -0.352. The zero-order chi connectivity index (χ0) is 19.3. The van der Waals surface area contributed by atoms with Crippen molar-refractivity contribution < 1.29 is 4.74 Å². The maximum atomic E-state index is 6.13. The first-order chi connectivity index (χ1) is 13.7. The summed E-state index contributed by atoms with van der Waals surface area (Å²) in [6, 6.07) is 22.0. The van der Waals surface area contributed by atoms with E-state index in [0.29, 0.717) is 13.2 Å². The standard InChI is InChI=1S/C22H23N5O/c1-27-21-19(8-5-13-24-21)20(26-22(27)23)25-14-16-9-11-18(12-10-16)28-15-17-6-3-2-4-7-17/h2-13,22H,14-15,23H2,1H3,(H,25,26). The van der Waals surface area contributed by atoms with Crippen LogP contribution in [0.5, 0.6) is 5.75 Å². The predicted octanol–water partition coefficient (Wildman–Crippen LogP) is 2.89. The number of nitrogens with two attached hydrogens (primary N) is 1. The Bertz CT molecular complexity index is 956. The van der Waals surface area contributed by atoms with Gasteiger partial charge in [-0.1, -0.05) is 42.5 Å². The molecule has 6 heteroatoms. The van der Waals surface area contributed by atoms with Crippen LogP contribution in [-0.2, 0) is 13.2 Å². The SMILES string of the molecule is CN1c2ncccc2C(=NCc2ccc(OCc3ccccc3)cc2)NC1N. The number of aliphatic imine (C=N–C) groups is 1. The van der Waals surface area contributed by atoms with Crippen LogP contribution in [0.3, 0.4) is 0 Å². The van der Waals surface area contributed by atoms with Gasteiger partial charge in [0, 0.05) is 13.2 Å². The Balaban J connectivity index is 1.43. The quantitative estimate of drug-likeness (QED) is 0.719. The number of pyridine rings is 1. The number of nitrogens with zero attached hydrogens (tertiary/aromatic N) is 3. The molecule has 1 aromatic heterocycles. The van der Waals surface area contributed by atoms with Crippen molar-refractivity contribution in [3.63, 3.8) is 0 Å². The van der Waals surface area contributed by atoms with Gasteiger partial charge in [0.1, 0.15) is 24.0 Å². The largest absolute Gasteiger partial charge is 0.489 e. The van der Waals surface area contributed by atoms with Gasteiger partial charge >= 0.3 is 0 Å². The summed E-state index contributed by atoms with van der Waals surface area (Å²) < 4.78 is 5.84. The molecule has 0 amide bonds. The number of ether oxygens (including phenoxy) is 1. The molecule has 0 fully saturated rings. The van der Waals surface area contributed by atoms with E-state index in [1.807, 2.05) is 66.5 Å². The summed E-state index contributed by atoms with van der Waals surface area (Å²) in [6.07, 6.45) is 1.41. The molecule has 6 nitrogen and oxygen atoms in total. The van der Waals surface area contributed by atoms with E-state index in [9.17, 15) is 0 Å². The second-order valence-corrected chi connectivity index (χ2v) is 6.66. The molecule has 2 aromatic carbocycles. The first-order valence-corrected chi connectivity index (χ1v) is 9.21. The van der Waals surface area contributed by atoms with Crippen LogP contribution in [0.2, 0.25) is 0 Å². The summed E-state index contributed by atoms with van der Waals surface area (Å²) in [4.78, 5) is 11.0. The fourth-order valence-electron chi connectivity index (χ4n) is 3.04. The molecule has 0 aliphatic carbocycles. The maximum Gasteiger partial charge on any atom is 0.154 e. The summed E-state index contributed by atoms with van der Waals surface area (Å²) in [7, 11) is 1.91. The van der Waals surface area contributed by atoms with Crippen LogP contribution in [-0.4, -0.2) is 24.2 Å². The number of hydrogen-bond donors (Lipinski definition) is 2. The fourth-order valence-corrected chi connectivity index (χ4v) is 3.04. The third-order valence-electron chi connectivity index (χ3n) is 4.67. The zero-order valence-corrected chi connectivity index (χ0v) is 15.7. The van der Waals surface area contributed by atoms with E-state index in [2.05, 4.69) is 22.4 Å². The van der Waals surface area contributed by atoms with Gasteiger partial charge in [0.2, 0.25) is 0 Å². The lowest BCUT2D eigenvalue weighted by atomic mass is 10.1. The smallest absolute Gasteiger partial charge is 0.154 e. The highest BCUT2D eigenvalue weighted by Gasteiger charge is 2.24. The van der Waals surface area contributed by atoms with Crippen LogP contribution in [0.15, 0.2) is 77.9 Å². The van der Waals surface area contributed by atoms with Gasteiger partial charge in [-0.25, -0.2) is 4.98 Å². The van der Waals surface area contributed by atoms with E-state index in [-0.39, 0.29) is 6.29 Å². The van der Waals surface area contributed by atoms with Gasteiger partial charge in [-0.2, -0.15) is 0 Å². The number of amidine groups is 1. The maximum absolute atomic E-state index is 6.13. The minimum Gasteiger partial charge on any atom is -0.489 e. The predicted molar refractivity (Wildman–Crippen MR) is 111 cm³/mol. The van der Waals surface area contributed by atoms with Gasteiger partial charge in [0.25, 0.3) is 0 Å². The molecule has 28 heavy (non-hydrogen) atoms. The minimum absolute atomic E-state index is 0.352. The molecule has 1 unspecified atom stereocenters. The molecule has 1 aliphatic heterocycles. The zero-order valence-electron chi connectivity index (χ0n) is 15.7. The van der Waals surface area contributed by atoms with Crippen molar-refractivity contribution in [2.45, 2.75) is 19.4 Å². The average molecular weight is 373 g/mol. The lowest BCUT2D eigenvalue weighted by Gasteiger charge is -2.34. The second kappa shape index (κ2) is 8.10. The van der Waals surface area contributed by atoms with Crippen molar-refractivity contribution >= 4 is 11.7 Å². The van der Waals surface area contributed by atoms with Gasteiger partial charge in [-0.15, -0.1) is 0 Å². The Labute approximate surface area is 164 Å². The molecule has 0 saturated carbocycles. The van der Waals surface area contributed by atoms with E-state index >= 15 is 0 Å². The van der Waals surface area contributed by atoms with Gasteiger partial charge < -0.3 is 15.0 Å². The van der Waals surface area contributed by atoms with E-state index < -0.39 is 0 Å². The summed E-state index contributed by atoms with van der Waals surface area (Å²) >= 11 is 0. The van der Waals surface area contributed by atoms with Crippen molar-refractivity contribution in [1.29, 1.82) is 0 Å². The van der Waals surface area contributed by atoms with Gasteiger partial charge in [0.05, 0.1) is 12.1 Å². The summed E-state index contributed by atoms with van der Waals surface area (Å²) in [5.74, 6) is 2.43. The molecule has 3 N–H and O–H groups in total. The van der Waals surface area contributed by atoms with Crippen molar-refractivity contribution in [2.24, 2.45) is 10.7 Å². The normalized spacial score (nSPS) is 17.1. The fraction of sp³-hybridized carbons (Fsp3) is 0.182. The molecule has 3 aromatic rings. The van der Waals surface area contributed by atoms with Crippen molar-refractivity contribution in [3.8, 4) is 5.75 Å².